The molecule has 432 valence electrons. The molecule has 2 aromatic rings. The van der Waals surface area contributed by atoms with Crippen LogP contribution >= 0.6 is 0 Å². The monoisotopic (exact) mass is 1100 g/mol. The molecule has 5 aliphatic heterocycles. The average molecular weight is 1100 g/mol. The molecule has 0 amide bonds. The molecule has 8 rings (SSSR count). The number of ether oxygens (including phenoxy) is 12. The molecule has 6 aliphatic rings. The Hall–Kier alpha value is -3.77. The number of phenolic OH excluding ortho intramolecular Hbond substituents is 2. The van der Waals surface area contributed by atoms with Crippen LogP contribution in [0.15, 0.2) is 12.1 Å². The lowest BCUT2D eigenvalue weighted by molar-refractivity contribution is -0.334. The molecule has 0 saturated carbocycles. The lowest BCUT2D eigenvalue weighted by Crippen LogP contribution is -2.58. The minimum Gasteiger partial charge on any atom is -0.507 e. The number of Topliss-reactive ketones (excluding diaryl/α,β-unsaturated/α-hetero) is 2. The van der Waals surface area contributed by atoms with Crippen molar-refractivity contribution in [2.75, 3.05) is 7.11 Å². The quantitative estimate of drug-likeness (QED) is 0.112. The summed E-state index contributed by atoms with van der Waals surface area (Å²) < 4.78 is 72.1. The Morgan fingerprint density at radius 2 is 1.21 bits per heavy atom. The molecule has 0 spiro atoms. The van der Waals surface area contributed by atoms with Gasteiger partial charge in [0.1, 0.15) is 53.9 Å². The third-order valence-electron chi connectivity index (χ3n) is 15.9. The molecule has 0 radical (unpaired) electrons. The first-order valence-electron chi connectivity index (χ1n) is 26.3. The van der Waals surface area contributed by atoms with Crippen molar-refractivity contribution in [2.24, 2.45) is 5.92 Å². The van der Waals surface area contributed by atoms with Gasteiger partial charge in [-0.05, 0) is 84.9 Å². The summed E-state index contributed by atoms with van der Waals surface area (Å²) in [7, 11) is 1.26. The SMILES string of the molecule is CO[C@@H]([C@@H]1Cc2cc3cc(O[C@H]4C[C@@H](O[C@H]5C[C@@H](O)[C@H](OC(C)=O)[C@@H](C)O5)[C@H](O)[C@@H](C)O4)c(C)c(O)c3c(O)c2C(=O)[C@H]1O[C@H]1C[C@@H](O[C@H]2C[C@@H](O[C@H]3C[C@](C)(O)[C@H](O)[C@@H](C)O3)[C@@H](O)[C@@H](C)O2)[C@H](O)[C@@H](C)O1)[C@@H](O)C(C)=O. The maximum absolute atomic E-state index is 15.0. The molecular weight excluding hydrogens is 1020 g/mol. The van der Waals surface area contributed by atoms with E-state index in [2.05, 4.69) is 0 Å². The van der Waals surface area contributed by atoms with Gasteiger partial charge in [0, 0.05) is 57.6 Å². The topological polar surface area (TPSA) is 344 Å². The van der Waals surface area contributed by atoms with Crippen LogP contribution in [-0.2, 0) is 68.1 Å². The molecule has 2 aromatic carbocycles. The number of esters is 1. The van der Waals surface area contributed by atoms with Gasteiger partial charge in [-0.15, -0.1) is 0 Å². The lowest BCUT2D eigenvalue weighted by Gasteiger charge is -2.46. The van der Waals surface area contributed by atoms with Gasteiger partial charge >= 0.3 is 5.97 Å². The van der Waals surface area contributed by atoms with Crippen molar-refractivity contribution in [1.29, 1.82) is 0 Å². The van der Waals surface area contributed by atoms with E-state index in [1.165, 1.54) is 33.9 Å². The van der Waals surface area contributed by atoms with Crippen LogP contribution in [0, 0.1) is 12.8 Å². The highest BCUT2D eigenvalue weighted by Gasteiger charge is 2.51. The van der Waals surface area contributed by atoms with Crippen molar-refractivity contribution in [3.63, 3.8) is 0 Å². The number of aliphatic hydroxyl groups is 7. The van der Waals surface area contributed by atoms with E-state index in [0.29, 0.717) is 0 Å². The van der Waals surface area contributed by atoms with E-state index in [0.717, 1.165) is 6.92 Å². The summed E-state index contributed by atoms with van der Waals surface area (Å²) in [5, 5.41) is 101. The second kappa shape index (κ2) is 23.7. The van der Waals surface area contributed by atoms with Crippen LogP contribution in [0.3, 0.4) is 0 Å². The van der Waals surface area contributed by atoms with Gasteiger partial charge in [0.25, 0.3) is 0 Å². The average Bonchev–Trinajstić information content (AvgIpc) is 3.37. The smallest absolute Gasteiger partial charge is 0.303 e. The van der Waals surface area contributed by atoms with Gasteiger partial charge in [0.2, 0.25) is 6.29 Å². The molecular formula is C53H76O24. The summed E-state index contributed by atoms with van der Waals surface area (Å²) in [6.45, 7) is 13.4. The number of ketones is 2. The number of fused-ring (bicyclic) bond motifs is 2. The molecule has 24 atom stereocenters. The summed E-state index contributed by atoms with van der Waals surface area (Å²) in [6, 6.07) is 3.09. The highest BCUT2D eigenvalue weighted by atomic mass is 16.7. The summed E-state index contributed by atoms with van der Waals surface area (Å²) in [5.41, 5.74) is -1.34. The zero-order chi connectivity index (χ0) is 56.3. The molecule has 5 fully saturated rings. The van der Waals surface area contributed by atoms with Gasteiger partial charge in [-0.25, -0.2) is 0 Å². The second-order valence-corrected chi connectivity index (χ2v) is 21.8. The lowest BCUT2D eigenvalue weighted by atomic mass is 9.75. The minimum atomic E-state index is -1.73. The van der Waals surface area contributed by atoms with Crippen LogP contribution in [0.5, 0.6) is 17.2 Å². The van der Waals surface area contributed by atoms with E-state index in [9.17, 15) is 60.3 Å². The van der Waals surface area contributed by atoms with E-state index >= 15 is 0 Å². The molecule has 0 aromatic heterocycles. The molecule has 5 heterocycles. The molecule has 0 unspecified atom stereocenters. The first-order chi connectivity index (χ1) is 36.2. The fourth-order valence-corrected chi connectivity index (χ4v) is 11.6. The van der Waals surface area contributed by atoms with Crippen molar-refractivity contribution in [2.45, 2.75) is 242 Å². The zero-order valence-electron chi connectivity index (χ0n) is 44.8. The van der Waals surface area contributed by atoms with E-state index in [1.54, 1.807) is 40.7 Å². The number of hydrogen-bond acceptors (Lipinski definition) is 24. The van der Waals surface area contributed by atoms with Crippen LogP contribution in [0.1, 0.15) is 109 Å². The Kier molecular flexibility index (Phi) is 18.3. The number of rotatable bonds is 15. The summed E-state index contributed by atoms with van der Waals surface area (Å²) in [6.07, 6.45) is -24.3. The number of methoxy groups -OCH3 is 1. The number of carbonyl (C=O) groups excluding carboxylic acids is 3. The molecule has 24 heteroatoms. The highest BCUT2D eigenvalue weighted by molar-refractivity contribution is 6.11. The molecule has 77 heavy (non-hydrogen) atoms. The predicted octanol–water partition coefficient (Wildman–Crippen LogP) is 0.961. The molecule has 24 nitrogen and oxygen atoms in total. The third kappa shape index (κ3) is 12.4. The van der Waals surface area contributed by atoms with E-state index in [4.69, 9.17) is 56.8 Å². The van der Waals surface area contributed by atoms with Gasteiger partial charge in [-0.2, -0.15) is 0 Å². The zero-order valence-corrected chi connectivity index (χ0v) is 44.8. The van der Waals surface area contributed by atoms with Gasteiger partial charge in [0.05, 0.1) is 77.6 Å². The van der Waals surface area contributed by atoms with E-state index < -0.39 is 176 Å². The Morgan fingerprint density at radius 3 is 1.74 bits per heavy atom. The molecule has 5 saturated heterocycles. The number of aliphatic hydroxyl groups excluding tert-OH is 6. The van der Waals surface area contributed by atoms with E-state index in [-0.39, 0.29) is 71.7 Å². The maximum Gasteiger partial charge on any atom is 0.303 e. The Balaban J connectivity index is 1.02. The largest absolute Gasteiger partial charge is 0.507 e. The fourth-order valence-electron chi connectivity index (χ4n) is 11.6. The van der Waals surface area contributed by atoms with Gasteiger partial charge in [0.15, 0.2) is 42.8 Å². The van der Waals surface area contributed by atoms with Gasteiger partial charge in [-0.1, -0.05) is 0 Å². The van der Waals surface area contributed by atoms with E-state index in [1.807, 2.05) is 0 Å². The van der Waals surface area contributed by atoms with Crippen LogP contribution in [0.4, 0.5) is 0 Å². The first kappa shape index (κ1) is 59.4. The summed E-state index contributed by atoms with van der Waals surface area (Å²) in [4.78, 5) is 39.3. The molecule has 1 aliphatic carbocycles. The van der Waals surface area contributed by atoms with Gasteiger partial charge in [-0.3, -0.25) is 14.4 Å². The predicted molar refractivity (Wildman–Crippen MR) is 262 cm³/mol. The summed E-state index contributed by atoms with van der Waals surface area (Å²) in [5.74, 6) is -4.06. The molecule has 0 bridgehead atoms. The second-order valence-electron chi connectivity index (χ2n) is 21.8. The number of benzene rings is 2. The van der Waals surface area contributed by atoms with Crippen molar-refractivity contribution in [3.8, 4) is 17.2 Å². The Morgan fingerprint density at radius 1 is 0.701 bits per heavy atom. The van der Waals surface area contributed by atoms with Crippen molar-refractivity contribution < 1.29 is 117 Å². The number of aromatic hydroxyl groups is 2. The van der Waals surface area contributed by atoms with Gasteiger partial charge < -0.3 is 103 Å². The first-order valence-corrected chi connectivity index (χ1v) is 26.3. The maximum atomic E-state index is 15.0. The van der Waals surface area contributed by atoms with Crippen molar-refractivity contribution in [1.82, 2.24) is 0 Å². The molecule has 9 N–H and O–H groups in total. The normalized spacial score (nSPS) is 41.6. The van der Waals surface area contributed by atoms with Crippen LogP contribution in [0.25, 0.3) is 10.8 Å². The summed E-state index contributed by atoms with van der Waals surface area (Å²) >= 11 is 0. The minimum absolute atomic E-state index is 0.0395. The van der Waals surface area contributed by atoms with Crippen LogP contribution in [0.2, 0.25) is 0 Å². The fraction of sp³-hybridized carbons (Fsp3) is 0.755. The van der Waals surface area contributed by atoms with Crippen molar-refractivity contribution in [3.05, 3.63) is 28.8 Å². The number of hydrogen-bond donors (Lipinski definition) is 9. The van der Waals surface area contributed by atoms with Crippen molar-refractivity contribution >= 4 is 28.3 Å². The Bertz CT molecular complexity index is 2420. The van der Waals surface area contributed by atoms with Crippen LogP contribution < -0.4 is 4.74 Å². The third-order valence-corrected chi connectivity index (χ3v) is 15.9. The number of carbonyl (C=O) groups is 3. The number of phenols is 2. The standard InChI is InChI=1S/C53H76O24/c1-19-31(73-36-15-32(44(59)21(3)67-36)74-35-14-30(56)49(24(6)70-35)72-26(8)55)13-28-11-27-12-29(50(66-10)43(58)20(2)54)51(48(63)41(27)47(62)40(28)42(19)57)77-38-17-33(45(60)23(5)69-38)75-37-16-34(46(61)22(4)68-37)76-39-18-53(9,65)52(64)25(7)71-39/h11,13,21-25,29-30,32-39,43-46,49-52,56-62,64-65H,12,14-18H2,1-10H3/t21-,22-,23-,24-,25-,29+,30-,32-,33-,34-,35+,36+,37+,38+,39+,43+,44-,45-,46+,49-,50+,51+,52-,53+/m1/s1. The van der Waals surface area contributed by atoms with Crippen LogP contribution in [-0.4, -0.2) is 211 Å². The highest BCUT2D eigenvalue weighted by Crippen LogP contribution is 2.48. The Labute approximate surface area is 445 Å².